The first kappa shape index (κ1) is 11.1. The van der Waals surface area contributed by atoms with E-state index < -0.39 is 0 Å². The Labute approximate surface area is 95.0 Å². The van der Waals surface area contributed by atoms with Crippen molar-refractivity contribution in [3.05, 3.63) is 41.2 Å². The van der Waals surface area contributed by atoms with Gasteiger partial charge >= 0.3 is 0 Å². The normalized spacial score (nSPS) is 23.8. The number of carbonyl (C=O) groups is 1. The molecule has 1 aliphatic rings. The van der Waals surface area contributed by atoms with Crippen LogP contribution in [-0.4, -0.2) is 5.78 Å². The zero-order chi connectivity index (χ0) is 11.5. The van der Waals surface area contributed by atoms with Crippen molar-refractivity contribution in [1.29, 1.82) is 0 Å². The van der Waals surface area contributed by atoms with E-state index in [0.29, 0.717) is 17.9 Å². The van der Waals surface area contributed by atoms with Gasteiger partial charge in [-0.3, -0.25) is 4.79 Å². The van der Waals surface area contributed by atoms with Crippen molar-refractivity contribution < 1.29 is 9.18 Å². The van der Waals surface area contributed by atoms with Crippen LogP contribution in [0.1, 0.15) is 31.7 Å². The van der Waals surface area contributed by atoms with Gasteiger partial charge in [-0.2, -0.15) is 0 Å². The summed E-state index contributed by atoms with van der Waals surface area (Å²) in [5.74, 6) is 0.429. The van der Waals surface area contributed by atoms with Gasteiger partial charge in [-0.05, 0) is 36.5 Å². The number of Topliss-reactive ketones (excluding diaryl/α,β-unsaturated/α-hetero) is 1. The van der Waals surface area contributed by atoms with E-state index in [2.05, 4.69) is 6.92 Å². The van der Waals surface area contributed by atoms with Gasteiger partial charge in [-0.25, -0.2) is 4.39 Å². The Hall–Kier alpha value is -1.44. The molecule has 16 heavy (non-hydrogen) atoms. The number of benzene rings is 1. The third-order valence-electron chi connectivity index (χ3n) is 3.03. The first-order valence-electron chi connectivity index (χ1n) is 5.65. The molecule has 1 saturated carbocycles. The number of halogens is 1. The summed E-state index contributed by atoms with van der Waals surface area (Å²) in [6.45, 7) is 2.13. The molecule has 1 aromatic carbocycles. The molecule has 1 aromatic rings. The Morgan fingerprint density at radius 3 is 2.88 bits per heavy atom. The van der Waals surface area contributed by atoms with Crippen molar-refractivity contribution in [1.82, 2.24) is 0 Å². The Morgan fingerprint density at radius 2 is 2.12 bits per heavy atom. The van der Waals surface area contributed by atoms with E-state index in [1.165, 1.54) is 6.07 Å². The van der Waals surface area contributed by atoms with Crippen LogP contribution in [-0.2, 0) is 4.79 Å². The largest absolute Gasteiger partial charge is 0.295 e. The van der Waals surface area contributed by atoms with E-state index in [0.717, 1.165) is 18.4 Å². The fraction of sp³-hybridized carbons (Fsp3) is 0.357. The van der Waals surface area contributed by atoms with Gasteiger partial charge in [-0.1, -0.05) is 25.1 Å². The lowest BCUT2D eigenvalue weighted by atomic mass is 9.85. The van der Waals surface area contributed by atoms with E-state index in [4.69, 9.17) is 0 Å². The van der Waals surface area contributed by atoms with Gasteiger partial charge in [-0.15, -0.1) is 0 Å². The van der Waals surface area contributed by atoms with Gasteiger partial charge in [0.15, 0.2) is 5.78 Å². The summed E-state index contributed by atoms with van der Waals surface area (Å²) >= 11 is 0. The lowest BCUT2D eigenvalue weighted by Crippen LogP contribution is -2.14. The van der Waals surface area contributed by atoms with E-state index in [-0.39, 0.29) is 11.6 Å². The number of rotatable bonds is 1. The highest BCUT2D eigenvalue weighted by Crippen LogP contribution is 2.27. The zero-order valence-electron chi connectivity index (χ0n) is 9.37. The quantitative estimate of drug-likeness (QED) is 0.658. The van der Waals surface area contributed by atoms with Crippen LogP contribution >= 0.6 is 0 Å². The third-order valence-corrected chi connectivity index (χ3v) is 3.03. The second-order valence-corrected chi connectivity index (χ2v) is 4.46. The predicted molar refractivity (Wildman–Crippen MR) is 62.4 cm³/mol. The minimum absolute atomic E-state index is 0.168. The van der Waals surface area contributed by atoms with Crippen LogP contribution in [0.2, 0.25) is 0 Å². The third kappa shape index (κ3) is 2.38. The second-order valence-electron chi connectivity index (χ2n) is 4.46. The number of ketones is 1. The summed E-state index contributed by atoms with van der Waals surface area (Å²) in [7, 11) is 0. The topological polar surface area (TPSA) is 17.1 Å². The molecule has 0 bridgehead atoms. The lowest BCUT2D eigenvalue weighted by molar-refractivity contribution is -0.116. The van der Waals surface area contributed by atoms with Crippen molar-refractivity contribution in [2.24, 2.45) is 5.92 Å². The molecule has 0 heterocycles. The number of hydrogen-bond acceptors (Lipinski definition) is 1. The summed E-state index contributed by atoms with van der Waals surface area (Å²) < 4.78 is 13.4. The van der Waals surface area contributed by atoms with Crippen molar-refractivity contribution in [2.45, 2.75) is 26.2 Å². The predicted octanol–water partition coefficient (Wildman–Crippen LogP) is 3.60. The molecule has 84 valence electrons. The van der Waals surface area contributed by atoms with Crippen molar-refractivity contribution >= 4 is 11.9 Å². The first-order valence-corrected chi connectivity index (χ1v) is 5.65. The van der Waals surface area contributed by atoms with E-state index in [1.807, 2.05) is 0 Å². The smallest absolute Gasteiger partial charge is 0.158 e. The summed E-state index contributed by atoms with van der Waals surface area (Å²) in [5.41, 5.74) is 1.28. The molecule has 1 nitrogen and oxygen atoms in total. The molecule has 1 fully saturated rings. The Bertz CT molecular complexity index is 434. The average Bonchev–Trinajstić information content (AvgIpc) is 2.27. The van der Waals surface area contributed by atoms with Crippen LogP contribution in [0.3, 0.4) is 0 Å². The molecule has 1 aliphatic carbocycles. The van der Waals surface area contributed by atoms with Crippen LogP contribution in [0.5, 0.6) is 0 Å². The maximum atomic E-state index is 13.4. The van der Waals surface area contributed by atoms with Crippen LogP contribution in [0.4, 0.5) is 4.39 Å². The van der Waals surface area contributed by atoms with Crippen molar-refractivity contribution in [3.8, 4) is 0 Å². The van der Waals surface area contributed by atoms with Crippen LogP contribution in [0, 0.1) is 11.7 Å². The molecule has 0 unspecified atom stereocenters. The highest BCUT2D eigenvalue weighted by molar-refractivity contribution is 6.00. The van der Waals surface area contributed by atoms with Gasteiger partial charge in [0.2, 0.25) is 0 Å². The Balaban J connectivity index is 2.29. The Morgan fingerprint density at radius 1 is 1.38 bits per heavy atom. The molecule has 0 radical (unpaired) electrons. The zero-order valence-corrected chi connectivity index (χ0v) is 9.37. The first-order chi connectivity index (χ1) is 7.66. The minimum Gasteiger partial charge on any atom is -0.295 e. The molecule has 0 amide bonds. The van der Waals surface area contributed by atoms with Gasteiger partial charge in [0.1, 0.15) is 5.82 Å². The van der Waals surface area contributed by atoms with Crippen LogP contribution < -0.4 is 0 Å². The fourth-order valence-corrected chi connectivity index (χ4v) is 2.05. The summed E-state index contributed by atoms with van der Waals surface area (Å²) in [4.78, 5) is 11.7. The van der Waals surface area contributed by atoms with Gasteiger partial charge in [0.25, 0.3) is 0 Å². The fourth-order valence-electron chi connectivity index (χ4n) is 2.05. The summed E-state index contributed by atoms with van der Waals surface area (Å²) in [6.07, 6.45) is 4.02. The van der Waals surface area contributed by atoms with Crippen molar-refractivity contribution in [2.75, 3.05) is 0 Å². The maximum Gasteiger partial charge on any atom is 0.158 e. The number of hydrogen-bond donors (Lipinski definition) is 0. The highest BCUT2D eigenvalue weighted by atomic mass is 19.1. The number of carbonyl (C=O) groups excluding carboxylic acids is 1. The van der Waals surface area contributed by atoms with Crippen LogP contribution in [0.25, 0.3) is 6.08 Å². The lowest BCUT2D eigenvalue weighted by Gasteiger charge is -2.19. The van der Waals surface area contributed by atoms with Crippen LogP contribution in [0.15, 0.2) is 29.8 Å². The summed E-state index contributed by atoms with van der Waals surface area (Å²) in [6, 6.07) is 6.56. The average molecular weight is 218 g/mol. The monoisotopic (exact) mass is 218 g/mol. The standard InChI is InChI=1S/C14H15FO/c1-10-6-7-14(16)12(8-10)9-11-4-2-3-5-13(11)15/h2-5,9-10H,6-8H2,1H3/b12-9+/t10-/m0/s1. The molecule has 0 aliphatic heterocycles. The minimum atomic E-state index is -0.263. The maximum absolute atomic E-state index is 13.4. The molecular weight excluding hydrogens is 203 g/mol. The van der Waals surface area contributed by atoms with Gasteiger partial charge < -0.3 is 0 Å². The summed E-state index contributed by atoms with van der Waals surface area (Å²) in [5, 5.41) is 0. The molecule has 0 aromatic heterocycles. The number of allylic oxidation sites excluding steroid dienone is 1. The van der Waals surface area contributed by atoms with Crippen molar-refractivity contribution in [3.63, 3.8) is 0 Å². The molecule has 0 spiro atoms. The molecule has 1 atom stereocenters. The molecular formula is C14H15FO. The highest BCUT2D eigenvalue weighted by Gasteiger charge is 2.20. The second kappa shape index (κ2) is 4.60. The Kier molecular flexibility index (Phi) is 3.18. The molecule has 0 saturated heterocycles. The SMILES string of the molecule is C[C@H]1CCC(=O)/C(=C/c2ccccc2F)C1. The van der Waals surface area contributed by atoms with Gasteiger partial charge in [0.05, 0.1) is 0 Å². The van der Waals surface area contributed by atoms with Gasteiger partial charge in [0, 0.05) is 12.0 Å². The van der Waals surface area contributed by atoms with E-state index >= 15 is 0 Å². The molecule has 2 heteroatoms. The van der Waals surface area contributed by atoms with E-state index in [9.17, 15) is 9.18 Å². The molecule has 2 rings (SSSR count). The van der Waals surface area contributed by atoms with E-state index in [1.54, 1.807) is 24.3 Å². The molecule has 0 N–H and O–H groups in total.